The molecule has 4 nitrogen and oxygen atoms in total. The second kappa shape index (κ2) is 5.08. The van der Waals surface area contributed by atoms with Gasteiger partial charge < -0.3 is 16.0 Å². The van der Waals surface area contributed by atoms with Crippen LogP contribution in [0.5, 0.6) is 0 Å². The van der Waals surface area contributed by atoms with Crippen LogP contribution < -0.4 is 11.1 Å². The van der Waals surface area contributed by atoms with Crippen LogP contribution in [0.1, 0.15) is 19.8 Å². The first kappa shape index (κ1) is 11.8. The van der Waals surface area contributed by atoms with Gasteiger partial charge in [0.1, 0.15) is 0 Å². The van der Waals surface area contributed by atoms with Crippen molar-refractivity contribution in [3.63, 3.8) is 0 Å². The van der Waals surface area contributed by atoms with Crippen LogP contribution in [0.3, 0.4) is 0 Å². The molecule has 1 fully saturated rings. The molecular formula is C13H19N3O. The van der Waals surface area contributed by atoms with E-state index >= 15 is 0 Å². The Morgan fingerprint density at radius 2 is 2.00 bits per heavy atom. The van der Waals surface area contributed by atoms with Gasteiger partial charge in [0.2, 0.25) is 5.91 Å². The first-order chi connectivity index (χ1) is 8.16. The molecule has 17 heavy (non-hydrogen) atoms. The second-order valence-corrected chi connectivity index (χ2v) is 4.51. The number of nitrogen functional groups attached to an aromatic ring is 1. The lowest BCUT2D eigenvalue weighted by Gasteiger charge is -2.32. The number of likely N-dealkylation sites (tertiary alicyclic amines) is 1. The lowest BCUT2D eigenvalue weighted by Crippen LogP contribution is -2.41. The Bertz CT molecular complexity index is 397. The average Bonchev–Trinajstić information content (AvgIpc) is 2.33. The van der Waals surface area contributed by atoms with E-state index in [0.717, 1.165) is 37.3 Å². The Balaban J connectivity index is 1.90. The summed E-state index contributed by atoms with van der Waals surface area (Å²) in [6, 6.07) is 8.21. The standard InChI is InChI=1S/C13H19N3O/c1-10(17)16-8-6-11(7-9-16)15-13-5-3-2-4-12(13)14/h2-5,11,15H,6-9,14H2,1H3. The fraction of sp³-hybridized carbons (Fsp3) is 0.462. The third kappa shape index (κ3) is 2.90. The molecule has 0 unspecified atom stereocenters. The van der Waals surface area contributed by atoms with Crippen molar-refractivity contribution in [2.75, 3.05) is 24.1 Å². The molecule has 0 atom stereocenters. The van der Waals surface area contributed by atoms with E-state index in [-0.39, 0.29) is 5.91 Å². The maximum absolute atomic E-state index is 11.2. The van der Waals surface area contributed by atoms with Crippen molar-refractivity contribution in [2.24, 2.45) is 0 Å². The van der Waals surface area contributed by atoms with Crippen molar-refractivity contribution >= 4 is 17.3 Å². The topological polar surface area (TPSA) is 58.4 Å². The molecule has 1 aliphatic rings. The molecule has 4 heteroatoms. The van der Waals surface area contributed by atoms with E-state index in [0.29, 0.717) is 6.04 Å². The van der Waals surface area contributed by atoms with Gasteiger partial charge in [0.15, 0.2) is 0 Å². The zero-order valence-corrected chi connectivity index (χ0v) is 10.1. The Morgan fingerprint density at radius 1 is 1.35 bits per heavy atom. The smallest absolute Gasteiger partial charge is 0.219 e. The molecule has 0 aliphatic carbocycles. The molecule has 2 rings (SSSR count). The van der Waals surface area contributed by atoms with Crippen molar-refractivity contribution < 1.29 is 4.79 Å². The van der Waals surface area contributed by atoms with E-state index < -0.39 is 0 Å². The minimum Gasteiger partial charge on any atom is -0.397 e. The van der Waals surface area contributed by atoms with E-state index in [2.05, 4.69) is 5.32 Å². The molecule has 0 saturated carbocycles. The van der Waals surface area contributed by atoms with Crippen LogP contribution in [0.25, 0.3) is 0 Å². The monoisotopic (exact) mass is 233 g/mol. The molecule has 1 aromatic carbocycles. The van der Waals surface area contributed by atoms with E-state index in [1.165, 1.54) is 0 Å². The van der Waals surface area contributed by atoms with Gasteiger partial charge in [0.25, 0.3) is 0 Å². The molecular weight excluding hydrogens is 214 g/mol. The summed E-state index contributed by atoms with van der Waals surface area (Å²) in [5, 5.41) is 3.45. The SMILES string of the molecule is CC(=O)N1CCC(Nc2ccccc2N)CC1. The number of hydrogen-bond acceptors (Lipinski definition) is 3. The summed E-state index contributed by atoms with van der Waals surface area (Å²) in [5.74, 6) is 0.169. The molecule has 0 bridgehead atoms. The Hall–Kier alpha value is -1.71. The van der Waals surface area contributed by atoms with Gasteiger partial charge in [-0.2, -0.15) is 0 Å². The van der Waals surface area contributed by atoms with Crippen LogP contribution in [0.15, 0.2) is 24.3 Å². The minimum absolute atomic E-state index is 0.169. The van der Waals surface area contributed by atoms with E-state index in [9.17, 15) is 4.79 Å². The normalized spacial score (nSPS) is 16.9. The van der Waals surface area contributed by atoms with Crippen LogP contribution in [0.2, 0.25) is 0 Å². The first-order valence-corrected chi connectivity index (χ1v) is 6.03. The molecule has 0 aromatic heterocycles. The maximum atomic E-state index is 11.2. The van der Waals surface area contributed by atoms with Gasteiger partial charge in [-0.25, -0.2) is 0 Å². The van der Waals surface area contributed by atoms with Crippen molar-refractivity contribution in [1.29, 1.82) is 0 Å². The number of nitrogens with zero attached hydrogens (tertiary/aromatic N) is 1. The number of amides is 1. The number of rotatable bonds is 2. The van der Waals surface area contributed by atoms with Crippen molar-refractivity contribution in [3.8, 4) is 0 Å². The molecule has 3 N–H and O–H groups in total. The van der Waals surface area contributed by atoms with Gasteiger partial charge in [-0.1, -0.05) is 12.1 Å². The van der Waals surface area contributed by atoms with Crippen LogP contribution >= 0.6 is 0 Å². The Labute approximate surface area is 102 Å². The quantitative estimate of drug-likeness (QED) is 0.764. The summed E-state index contributed by atoms with van der Waals surface area (Å²) < 4.78 is 0. The van der Waals surface area contributed by atoms with Crippen LogP contribution in [-0.2, 0) is 4.79 Å². The van der Waals surface area contributed by atoms with Gasteiger partial charge in [-0.05, 0) is 25.0 Å². The fourth-order valence-corrected chi connectivity index (χ4v) is 2.19. The summed E-state index contributed by atoms with van der Waals surface area (Å²) in [5.41, 5.74) is 7.66. The number of carbonyl (C=O) groups is 1. The number of nitrogens with one attached hydrogen (secondary N) is 1. The Morgan fingerprint density at radius 3 is 2.59 bits per heavy atom. The second-order valence-electron chi connectivity index (χ2n) is 4.51. The number of nitrogens with two attached hydrogens (primary N) is 1. The number of piperidine rings is 1. The Kier molecular flexibility index (Phi) is 3.52. The largest absolute Gasteiger partial charge is 0.397 e. The third-order valence-electron chi connectivity index (χ3n) is 3.26. The van der Waals surface area contributed by atoms with Crippen molar-refractivity contribution in [3.05, 3.63) is 24.3 Å². The molecule has 1 aliphatic heterocycles. The highest BCUT2D eigenvalue weighted by Crippen LogP contribution is 2.21. The van der Waals surface area contributed by atoms with Gasteiger partial charge in [0, 0.05) is 26.1 Å². The predicted molar refractivity (Wildman–Crippen MR) is 69.8 cm³/mol. The van der Waals surface area contributed by atoms with Gasteiger partial charge >= 0.3 is 0 Å². The van der Waals surface area contributed by atoms with Crippen molar-refractivity contribution in [2.45, 2.75) is 25.8 Å². The highest BCUT2D eigenvalue weighted by atomic mass is 16.2. The number of para-hydroxylation sites is 2. The molecule has 0 spiro atoms. The van der Waals surface area contributed by atoms with Gasteiger partial charge in [0.05, 0.1) is 11.4 Å². The number of benzene rings is 1. The number of hydrogen-bond donors (Lipinski definition) is 2. The lowest BCUT2D eigenvalue weighted by molar-refractivity contribution is -0.129. The van der Waals surface area contributed by atoms with Gasteiger partial charge in [-0.15, -0.1) is 0 Å². The number of carbonyl (C=O) groups excluding carboxylic acids is 1. The lowest BCUT2D eigenvalue weighted by atomic mass is 10.0. The zero-order valence-electron chi connectivity index (χ0n) is 10.1. The highest BCUT2D eigenvalue weighted by molar-refractivity contribution is 5.73. The predicted octanol–water partition coefficient (Wildman–Crippen LogP) is 1.69. The molecule has 0 radical (unpaired) electrons. The average molecular weight is 233 g/mol. The summed E-state index contributed by atoms with van der Waals surface area (Å²) in [4.78, 5) is 13.1. The van der Waals surface area contributed by atoms with Crippen LogP contribution in [-0.4, -0.2) is 29.9 Å². The molecule has 1 aromatic rings. The molecule has 92 valence electrons. The van der Waals surface area contributed by atoms with Crippen molar-refractivity contribution in [1.82, 2.24) is 4.90 Å². The minimum atomic E-state index is 0.169. The summed E-state index contributed by atoms with van der Waals surface area (Å²) in [6.45, 7) is 3.29. The van der Waals surface area contributed by atoms with Gasteiger partial charge in [-0.3, -0.25) is 4.79 Å². The molecule has 1 heterocycles. The zero-order chi connectivity index (χ0) is 12.3. The molecule has 1 amide bonds. The summed E-state index contributed by atoms with van der Waals surface area (Å²) in [7, 11) is 0. The first-order valence-electron chi connectivity index (χ1n) is 6.03. The highest BCUT2D eigenvalue weighted by Gasteiger charge is 2.20. The van der Waals surface area contributed by atoms with E-state index in [4.69, 9.17) is 5.73 Å². The maximum Gasteiger partial charge on any atom is 0.219 e. The summed E-state index contributed by atoms with van der Waals surface area (Å²) >= 11 is 0. The molecule has 1 saturated heterocycles. The fourth-order valence-electron chi connectivity index (χ4n) is 2.19. The van der Waals surface area contributed by atoms with E-state index in [1.807, 2.05) is 29.2 Å². The van der Waals surface area contributed by atoms with Crippen LogP contribution in [0.4, 0.5) is 11.4 Å². The number of anilines is 2. The summed E-state index contributed by atoms with van der Waals surface area (Å²) in [6.07, 6.45) is 1.96. The van der Waals surface area contributed by atoms with E-state index in [1.54, 1.807) is 6.92 Å². The third-order valence-corrected chi connectivity index (χ3v) is 3.26. The van der Waals surface area contributed by atoms with Crippen LogP contribution in [0, 0.1) is 0 Å².